The van der Waals surface area contributed by atoms with E-state index in [-0.39, 0.29) is 0 Å². The van der Waals surface area contributed by atoms with Crippen LogP contribution in [0.2, 0.25) is 0 Å². The van der Waals surface area contributed by atoms with Gasteiger partial charge in [0.15, 0.2) is 11.5 Å². The van der Waals surface area contributed by atoms with Gasteiger partial charge >= 0.3 is 17.8 Å². The van der Waals surface area contributed by atoms with Crippen molar-refractivity contribution >= 4 is 29.7 Å². The fraction of sp³-hybridized carbons (Fsp3) is 0.120. The molecule has 3 aromatic rings. The molecule has 0 bridgehead atoms. The average molecular weight is 461 g/mol. The van der Waals surface area contributed by atoms with Crippen molar-refractivity contribution in [2.24, 2.45) is 5.10 Å². The molecule has 0 aromatic heterocycles. The maximum absolute atomic E-state index is 12.4. The lowest BCUT2D eigenvalue weighted by Crippen LogP contribution is -2.32. The van der Waals surface area contributed by atoms with Crippen molar-refractivity contribution in [1.82, 2.24) is 5.43 Å². The van der Waals surface area contributed by atoms with Gasteiger partial charge in [-0.1, -0.05) is 17.7 Å². The standard InChI is InChI=1S/C25H23N3O6/c1-16-4-9-19(10-5-16)27-23(29)24(30)28-26-15-17-6-11-20(12-7-17)34-25(31)18-8-13-21(32-2)22(14-18)33-3/h4-15H,1-3H3,(H,27,29)(H,28,30)/b26-15+. The second kappa shape index (κ2) is 11.3. The molecule has 3 aromatic carbocycles. The van der Waals surface area contributed by atoms with Crippen LogP contribution < -0.4 is 25.0 Å². The molecule has 0 atom stereocenters. The van der Waals surface area contributed by atoms with Crippen molar-refractivity contribution in [2.45, 2.75) is 6.92 Å². The number of hydrazone groups is 1. The second-order valence-electron chi connectivity index (χ2n) is 7.05. The normalized spacial score (nSPS) is 10.4. The summed E-state index contributed by atoms with van der Waals surface area (Å²) in [6.45, 7) is 1.92. The molecule has 3 rings (SSSR count). The van der Waals surface area contributed by atoms with Crippen LogP contribution in [0, 0.1) is 6.92 Å². The largest absolute Gasteiger partial charge is 0.493 e. The molecular weight excluding hydrogens is 438 g/mol. The summed E-state index contributed by atoms with van der Waals surface area (Å²) in [5.74, 6) is -1.07. The van der Waals surface area contributed by atoms with E-state index in [4.69, 9.17) is 14.2 Å². The molecule has 0 radical (unpaired) electrons. The first-order valence-electron chi connectivity index (χ1n) is 10.1. The number of benzene rings is 3. The molecular formula is C25H23N3O6. The number of hydrogen-bond acceptors (Lipinski definition) is 7. The fourth-order valence-corrected chi connectivity index (χ4v) is 2.79. The molecule has 9 heteroatoms. The van der Waals surface area contributed by atoms with E-state index >= 15 is 0 Å². The molecule has 0 saturated carbocycles. The minimum Gasteiger partial charge on any atom is -0.493 e. The Kier molecular flexibility index (Phi) is 7.96. The van der Waals surface area contributed by atoms with Gasteiger partial charge in [-0.3, -0.25) is 9.59 Å². The predicted molar refractivity (Wildman–Crippen MR) is 126 cm³/mol. The van der Waals surface area contributed by atoms with Crippen LogP contribution in [0.15, 0.2) is 71.8 Å². The van der Waals surface area contributed by atoms with Gasteiger partial charge in [0.25, 0.3) is 0 Å². The number of anilines is 1. The quantitative estimate of drug-likeness (QED) is 0.183. The number of carbonyl (C=O) groups is 3. The number of methoxy groups -OCH3 is 2. The lowest BCUT2D eigenvalue weighted by Gasteiger charge is -2.09. The zero-order chi connectivity index (χ0) is 24.5. The van der Waals surface area contributed by atoms with Gasteiger partial charge in [-0.2, -0.15) is 5.10 Å². The zero-order valence-electron chi connectivity index (χ0n) is 18.8. The Morgan fingerprint density at radius 1 is 0.824 bits per heavy atom. The molecule has 0 unspecified atom stereocenters. The third-order valence-corrected chi connectivity index (χ3v) is 4.61. The van der Waals surface area contributed by atoms with Crippen molar-refractivity contribution in [1.29, 1.82) is 0 Å². The van der Waals surface area contributed by atoms with Crippen LogP contribution in [0.25, 0.3) is 0 Å². The Morgan fingerprint density at radius 2 is 1.50 bits per heavy atom. The lowest BCUT2D eigenvalue weighted by molar-refractivity contribution is -0.136. The van der Waals surface area contributed by atoms with Crippen molar-refractivity contribution in [3.63, 3.8) is 0 Å². The first-order chi connectivity index (χ1) is 16.4. The van der Waals surface area contributed by atoms with E-state index in [0.717, 1.165) is 5.56 Å². The minimum absolute atomic E-state index is 0.301. The first-order valence-corrected chi connectivity index (χ1v) is 10.1. The summed E-state index contributed by atoms with van der Waals surface area (Å²) >= 11 is 0. The molecule has 174 valence electrons. The summed E-state index contributed by atoms with van der Waals surface area (Å²) < 4.78 is 15.7. The molecule has 2 N–H and O–H groups in total. The summed E-state index contributed by atoms with van der Waals surface area (Å²) in [7, 11) is 2.98. The highest BCUT2D eigenvalue weighted by Gasteiger charge is 2.14. The number of carbonyl (C=O) groups excluding carboxylic acids is 3. The van der Waals surface area contributed by atoms with Crippen molar-refractivity contribution in [3.05, 3.63) is 83.4 Å². The summed E-state index contributed by atoms with van der Waals surface area (Å²) in [6.07, 6.45) is 1.36. The molecule has 0 heterocycles. The summed E-state index contributed by atoms with van der Waals surface area (Å²) in [4.78, 5) is 36.2. The van der Waals surface area contributed by atoms with Gasteiger partial charge in [-0.25, -0.2) is 10.2 Å². The number of nitrogens with one attached hydrogen (secondary N) is 2. The van der Waals surface area contributed by atoms with E-state index < -0.39 is 17.8 Å². The third kappa shape index (κ3) is 6.42. The molecule has 0 spiro atoms. The van der Waals surface area contributed by atoms with Crippen LogP contribution in [0.5, 0.6) is 17.2 Å². The highest BCUT2D eigenvalue weighted by Crippen LogP contribution is 2.28. The predicted octanol–water partition coefficient (Wildman–Crippen LogP) is 3.32. The van der Waals surface area contributed by atoms with Gasteiger partial charge in [-0.15, -0.1) is 0 Å². The van der Waals surface area contributed by atoms with Gasteiger partial charge < -0.3 is 19.5 Å². The van der Waals surface area contributed by atoms with E-state index in [2.05, 4.69) is 15.8 Å². The van der Waals surface area contributed by atoms with Crippen LogP contribution in [0.3, 0.4) is 0 Å². The summed E-state index contributed by atoms with van der Waals surface area (Å²) in [5, 5.41) is 6.26. The van der Waals surface area contributed by atoms with Crippen LogP contribution in [0.4, 0.5) is 5.69 Å². The Balaban J connectivity index is 1.53. The SMILES string of the molecule is COc1ccc(C(=O)Oc2ccc(/C=N/NC(=O)C(=O)Nc3ccc(C)cc3)cc2)cc1OC. The number of aryl methyl sites for hydroxylation is 1. The van der Waals surface area contributed by atoms with Crippen LogP contribution in [-0.2, 0) is 9.59 Å². The van der Waals surface area contributed by atoms with Crippen molar-refractivity contribution < 1.29 is 28.6 Å². The fourth-order valence-electron chi connectivity index (χ4n) is 2.79. The number of ether oxygens (including phenoxy) is 3. The monoisotopic (exact) mass is 461 g/mol. The number of esters is 1. The average Bonchev–Trinajstić information content (AvgIpc) is 2.85. The molecule has 0 fully saturated rings. The number of nitrogens with zero attached hydrogens (tertiary/aromatic N) is 1. The van der Waals surface area contributed by atoms with E-state index in [9.17, 15) is 14.4 Å². The topological polar surface area (TPSA) is 115 Å². The smallest absolute Gasteiger partial charge is 0.343 e. The highest BCUT2D eigenvalue weighted by molar-refractivity contribution is 6.39. The molecule has 9 nitrogen and oxygen atoms in total. The Labute approximate surface area is 196 Å². The number of rotatable bonds is 7. The van der Waals surface area contributed by atoms with Gasteiger partial charge in [0.2, 0.25) is 0 Å². The molecule has 0 saturated heterocycles. The molecule has 0 aliphatic heterocycles. The molecule has 2 amide bonds. The Morgan fingerprint density at radius 3 is 2.15 bits per heavy atom. The van der Waals surface area contributed by atoms with E-state index in [1.807, 2.05) is 19.1 Å². The Hall–Kier alpha value is -4.66. The molecule has 0 aliphatic carbocycles. The minimum atomic E-state index is -0.905. The first kappa shape index (κ1) is 24.0. The lowest BCUT2D eigenvalue weighted by atomic mass is 10.2. The van der Waals surface area contributed by atoms with Gasteiger partial charge in [-0.05, 0) is 67.1 Å². The Bertz CT molecular complexity index is 1200. The van der Waals surface area contributed by atoms with Crippen LogP contribution in [-0.4, -0.2) is 38.2 Å². The van der Waals surface area contributed by atoms with E-state index in [1.165, 1.54) is 26.5 Å². The third-order valence-electron chi connectivity index (χ3n) is 4.61. The zero-order valence-corrected chi connectivity index (χ0v) is 18.8. The maximum Gasteiger partial charge on any atom is 0.343 e. The molecule has 0 aliphatic rings. The van der Waals surface area contributed by atoms with Gasteiger partial charge in [0, 0.05) is 5.69 Å². The summed E-state index contributed by atoms with van der Waals surface area (Å²) in [6, 6.07) is 18.2. The van der Waals surface area contributed by atoms with Gasteiger partial charge in [0.1, 0.15) is 5.75 Å². The number of amides is 2. The van der Waals surface area contributed by atoms with Crippen LogP contribution >= 0.6 is 0 Å². The van der Waals surface area contributed by atoms with E-state index in [0.29, 0.717) is 34.1 Å². The van der Waals surface area contributed by atoms with Crippen molar-refractivity contribution in [2.75, 3.05) is 19.5 Å². The highest BCUT2D eigenvalue weighted by atomic mass is 16.5. The molecule has 34 heavy (non-hydrogen) atoms. The van der Waals surface area contributed by atoms with Crippen LogP contribution in [0.1, 0.15) is 21.5 Å². The maximum atomic E-state index is 12.4. The second-order valence-corrected chi connectivity index (χ2v) is 7.05. The number of hydrogen-bond donors (Lipinski definition) is 2. The van der Waals surface area contributed by atoms with Crippen molar-refractivity contribution in [3.8, 4) is 17.2 Å². The van der Waals surface area contributed by atoms with E-state index in [1.54, 1.807) is 48.5 Å². The summed E-state index contributed by atoms with van der Waals surface area (Å²) in [5.41, 5.74) is 4.62. The van der Waals surface area contributed by atoms with Gasteiger partial charge in [0.05, 0.1) is 26.0 Å².